The highest BCUT2D eigenvalue weighted by Gasteiger charge is 2.06. The molecular weight excluding hydrogens is 304 g/mol. The van der Waals surface area contributed by atoms with E-state index in [1.54, 1.807) is 19.2 Å². The summed E-state index contributed by atoms with van der Waals surface area (Å²) in [5.74, 6) is 0.198. The largest absolute Gasteiger partial charge is 0.385 e. The number of nitrogens with zero attached hydrogens (tertiary/aromatic N) is 2. The predicted octanol–water partition coefficient (Wildman–Crippen LogP) is 2.64. The van der Waals surface area contributed by atoms with Crippen LogP contribution in [0.3, 0.4) is 0 Å². The molecule has 2 rings (SSSR count). The summed E-state index contributed by atoms with van der Waals surface area (Å²) in [6, 6.07) is 7.23. The fraction of sp³-hybridized carbons (Fsp3) is 0.267. The van der Waals surface area contributed by atoms with E-state index < -0.39 is 0 Å². The number of anilines is 2. The quantitative estimate of drug-likeness (QED) is 0.767. The highest BCUT2D eigenvalue weighted by molar-refractivity contribution is 6.30. The predicted molar refractivity (Wildman–Crippen MR) is 85.6 cm³/mol. The van der Waals surface area contributed by atoms with Crippen LogP contribution in [0.5, 0.6) is 0 Å². The number of hydrogen-bond acceptors (Lipinski definition) is 5. The first-order valence-electron chi connectivity index (χ1n) is 6.81. The van der Waals surface area contributed by atoms with Crippen LogP contribution in [0.2, 0.25) is 5.02 Å². The van der Waals surface area contributed by atoms with Crippen molar-refractivity contribution in [2.45, 2.75) is 6.42 Å². The van der Waals surface area contributed by atoms with Gasteiger partial charge in [-0.05, 0) is 24.6 Å². The normalized spacial score (nSPS) is 10.3. The molecule has 2 aromatic rings. The first-order chi connectivity index (χ1) is 10.7. The van der Waals surface area contributed by atoms with Crippen LogP contribution in [-0.2, 0) is 4.74 Å². The third-order valence-corrected chi connectivity index (χ3v) is 3.04. The molecule has 1 aromatic heterocycles. The molecule has 0 unspecified atom stereocenters. The smallest absolute Gasteiger partial charge is 0.254 e. The number of carbonyl (C=O) groups is 1. The highest BCUT2D eigenvalue weighted by atomic mass is 35.5. The Bertz CT molecular complexity index is 619. The first-order valence-corrected chi connectivity index (χ1v) is 7.18. The van der Waals surface area contributed by atoms with Gasteiger partial charge in [0, 0.05) is 43.4 Å². The highest BCUT2D eigenvalue weighted by Crippen LogP contribution is 2.17. The van der Waals surface area contributed by atoms with Crippen LogP contribution >= 0.6 is 11.6 Å². The zero-order chi connectivity index (χ0) is 15.8. The minimum Gasteiger partial charge on any atom is -0.385 e. The summed E-state index contributed by atoms with van der Waals surface area (Å²) in [7, 11) is 1.63. The van der Waals surface area contributed by atoms with Crippen molar-refractivity contribution in [3.05, 3.63) is 47.2 Å². The first kappa shape index (κ1) is 16.2. The Labute approximate surface area is 133 Å². The average molecular weight is 321 g/mol. The summed E-state index contributed by atoms with van der Waals surface area (Å²) in [6.45, 7) is 1.16. The molecule has 116 valence electrons. The number of halogens is 1. The van der Waals surface area contributed by atoms with Gasteiger partial charge in [-0.25, -0.2) is 9.97 Å². The van der Waals surface area contributed by atoms with Gasteiger partial charge in [-0.3, -0.25) is 4.79 Å². The maximum atomic E-state index is 11.9. The number of nitrogens with one attached hydrogen (secondary N) is 2. The number of amides is 1. The molecule has 0 saturated carbocycles. The molecule has 0 aliphatic carbocycles. The molecule has 0 aliphatic heterocycles. The van der Waals surface area contributed by atoms with Crippen molar-refractivity contribution in [3.63, 3.8) is 0 Å². The third-order valence-electron chi connectivity index (χ3n) is 2.81. The van der Waals surface area contributed by atoms with Crippen molar-refractivity contribution < 1.29 is 9.53 Å². The Balaban J connectivity index is 1.91. The van der Waals surface area contributed by atoms with Gasteiger partial charge in [0.25, 0.3) is 5.91 Å². The number of benzene rings is 1. The molecule has 0 radical (unpaired) electrons. The SMILES string of the molecule is COCCCNC(=O)c1cnc(Nc2cccc(Cl)c2)nc1. The van der Waals surface area contributed by atoms with Crippen LogP contribution in [-0.4, -0.2) is 36.1 Å². The second kappa shape index (κ2) is 8.31. The molecule has 22 heavy (non-hydrogen) atoms. The third kappa shape index (κ3) is 4.98. The van der Waals surface area contributed by atoms with Crippen LogP contribution < -0.4 is 10.6 Å². The van der Waals surface area contributed by atoms with Gasteiger partial charge in [-0.2, -0.15) is 0 Å². The molecule has 2 N–H and O–H groups in total. The molecule has 0 saturated heterocycles. The number of hydrogen-bond donors (Lipinski definition) is 2. The molecule has 0 spiro atoms. The topological polar surface area (TPSA) is 76.1 Å². The average Bonchev–Trinajstić information content (AvgIpc) is 2.52. The van der Waals surface area contributed by atoms with Gasteiger partial charge >= 0.3 is 0 Å². The molecule has 0 atom stereocenters. The van der Waals surface area contributed by atoms with Gasteiger partial charge in [0.15, 0.2) is 0 Å². The van der Waals surface area contributed by atoms with Crippen LogP contribution in [0, 0.1) is 0 Å². The lowest BCUT2D eigenvalue weighted by molar-refractivity contribution is 0.0948. The summed E-state index contributed by atoms with van der Waals surface area (Å²) in [5.41, 5.74) is 1.19. The van der Waals surface area contributed by atoms with E-state index in [1.807, 2.05) is 12.1 Å². The van der Waals surface area contributed by atoms with E-state index in [9.17, 15) is 4.79 Å². The van der Waals surface area contributed by atoms with Gasteiger partial charge in [-0.15, -0.1) is 0 Å². The molecule has 0 aliphatic rings. The Hall–Kier alpha value is -2.18. The Morgan fingerprint density at radius 3 is 2.77 bits per heavy atom. The number of carbonyl (C=O) groups excluding carboxylic acids is 1. The lowest BCUT2D eigenvalue weighted by Crippen LogP contribution is -2.25. The molecular formula is C15H17ClN4O2. The van der Waals surface area contributed by atoms with Crippen molar-refractivity contribution in [1.29, 1.82) is 0 Å². The van der Waals surface area contributed by atoms with Gasteiger partial charge in [0.2, 0.25) is 5.95 Å². The minimum absolute atomic E-state index is 0.203. The molecule has 0 bridgehead atoms. The van der Waals surface area contributed by atoms with E-state index in [4.69, 9.17) is 16.3 Å². The van der Waals surface area contributed by atoms with E-state index in [0.29, 0.717) is 29.7 Å². The summed E-state index contributed by atoms with van der Waals surface area (Å²) < 4.78 is 4.92. The molecule has 1 heterocycles. The van der Waals surface area contributed by atoms with E-state index >= 15 is 0 Å². The summed E-state index contributed by atoms with van der Waals surface area (Å²) in [4.78, 5) is 20.1. The van der Waals surface area contributed by atoms with Gasteiger partial charge in [-0.1, -0.05) is 17.7 Å². The lowest BCUT2D eigenvalue weighted by atomic mass is 10.3. The van der Waals surface area contributed by atoms with Crippen molar-refractivity contribution >= 4 is 29.1 Å². The number of ether oxygens (including phenoxy) is 1. The van der Waals surface area contributed by atoms with Crippen molar-refractivity contribution in [3.8, 4) is 0 Å². The van der Waals surface area contributed by atoms with Gasteiger partial charge in [0.1, 0.15) is 0 Å². The summed E-state index contributed by atoms with van der Waals surface area (Å²) >= 11 is 5.91. The minimum atomic E-state index is -0.203. The summed E-state index contributed by atoms with van der Waals surface area (Å²) in [6.07, 6.45) is 3.72. The molecule has 1 aromatic carbocycles. The Morgan fingerprint density at radius 1 is 1.32 bits per heavy atom. The van der Waals surface area contributed by atoms with Crippen molar-refractivity contribution in [1.82, 2.24) is 15.3 Å². The van der Waals surface area contributed by atoms with E-state index in [2.05, 4.69) is 20.6 Å². The zero-order valence-corrected chi connectivity index (χ0v) is 12.9. The standard InChI is InChI=1S/C15H17ClN4O2/c1-22-7-3-6-17-14(21)11-9-18-15(19-10-11)20-13-5-2-4-12(16)8-13/h2,4-5,8-10H,3,6-7H2,1H3,(H,17,21)(H,18,19,20). The molecule has 1 amide bonds. The monoisotopic (exact) mass is 320 g/mol. The molecule has 7 heteroatoms. The van der Waals surface area contributed by atoms with Gasteiger partial charge in [0.05, 0.1) is 5.56 Å². The van der Waals surface area contributed by atoms with Crippen LogP contribution in [0.4, 0.5) is 11.6 Å². The van der Waals surface area contributed by atoms with E-state index in [-0.39, 0.29) is 5.91 Å². The maximum Gasteiger partial charge on any atom is 0.254 e. The van der Waals surface area contributed by atoms with Crippen molar-refractivity contribution in [2.75, 3.05) is 25.6 Å². The fourth-order valence-electron chi connectivity index (χ4n) is 1.73. The van der Waals surface area contributed by atoms with E-state index in [1.165, 1.54) is 12.4 Å². The number of methoxy groups -OCH3 is 1. The fourth-order valence-corrected chi connectivity index (χ4v) is 1.92. The number of aromatic nitrogens is 2. The van der Waals surface area contributed by atoms with E-state index in [0.717, 1.165) is 12.1 Å². The van der Waals surface area contributed by atoms with Gasteiger partial charge < -0.3 is 15.4 Å². The van der Waals surface area contributed by atoms with Crippen LogP contribution in [0.15, 0.2) is 36.7 Å². The Kier molecular flexibility index (Phi) is 6.12. The number of rotatable bonds is 7. The second-order valence-corrected chi connectivity index (χ2v) is 4.97. The maximum absolute atomic E-state index is 11.9. The van der Waals surface area contributed by atoms with Crippen LogP contribution in [0.25, 0.3) is 0 Å². The van der Waals surface area contributed by atoms with Crippen molar-refractivity contribution in [2.24, 2.45) is 0 Å². The second-order valence-electron chi connectivity index (χ2n) is 4.53. The van der Waals surface area contributed by atoms with Crippen LogP contribution in [0.1, 0.15) is 16.8 Å². The Morgan fingerprint density at radius 2 is 2.09 bits per heavy atom. The summed E-state index contributed by atoms with van der Waals surface area (Å²) in [5, 5.41) is 6.41. The zero-order valence-electron chi connectivity index (χ0n) is 12.2. The molecule has 6 nitrogen and oxygen atoms in total. The lowest BCUT2D eigenvalue weighted by Gasteiger charge is -2.07. The molecule has 0 fully saturated rings.